The minimum atomic E-state index is -2.02. The summed E-state index contributed by atoms with van der Waals surface area (Å²) in [5, 5.41) is 4.11. The van der Waals surface area contributed by atoms with E-state index in [-0.39, 0.29) is 5.16 Å². The fourth-order valence-corrected chi connectivity index (χ4v) is 10.2. The standard InChI is InChI=1S/C23H38BrN4PS/c1-23(2,3)29(27-16-10-4-5-11-17-27,28-18-12-6-7-13-19-28)26-22(30)25-21-15-9-8-14-20(21)24/h8-9,14-15H,4-7,10-13,16-19H2,1-3H3,(H,25,30). The molecule has 2 fully saturated rings. The van der Waals surface area contributed by atoms with Crippen LogP contribution >= 0.6 is 35.5 Å². The third-order valence-corrected chi connectivity index (χ3v) is 11.9. The zero-order chi connectivity index (χ0) is 21.6. The maximum absolute atomic E-state index is 5.89. The Morgan fingerprint density at radius 1 is 0.900 bits per heavy atom. The van der Waals surface area contributed by atoms with Crippen molar-refractivity contribution in [1.29, 1.82) is 0 Å². The Kier molecular flexibility index (Phi) is 8.98. The van der Waals surface area contributed by atoms with E-state index in [4.69, 9.17) is 17.0 Å². The molecule has 7 heteroatoms. The van der Waals surface area contributed by atoms with Gasteiger partial charge in [-0.1, -0.05) is 58.6 Å². The van der Waals surface area contributed by atoms with Gasteiger partial charge in [-0.2, -0.15) is 0 Å². The molecule has 1 N–H and O–H groups in total. The van der Waals surface area contributed by atoms with Crippen LogP contribution in [0.3, 0.4) is 0 Å². The molecule has 0 aliphatic carbocycles. The first-order valence-corrected chi connectivity index (χ1v) is 14.4. The van der Waals surface area contributed by atoms with Crippen molar-refractivity contribution in [1.82, 2.24) is 9.34 Å². The van der Waals surface area contributed by atoms with Gasteiger partial charge in [-0.15, -0.1) is 0 Å². The normalized spacial score (nSPS) is 20.3. The number of rotatable bonds is 3. The number of hydrogen-bond acceptors (Lipinski definition) is 1. The van der Waals surface area contributed by atoms with Crippen molar-refractivity contribution in [2.24, 2.45) is 4.74 Å². The third kappa shape index (κ3) is 5.75. The van der Waals surface area contributed by atoms with Gasteiger partial charge in [0.25, 0.3) is 0 Å². The van der Waals surface area contributed by atoms with Gasteiger partial charge in [0.05, 0.1) is 5.69 Å². The fourth-order valence-electron chi connectivity index (χ4n) is 4.80. The molecule has 2 heterocycles. The number of halogens is 1. The minimum Gasteiger partial charge on any atom is -0.330 e. The first kappa shape index (κ1) is 24.4. The average molecular weight is 514 g/mol. The number of nitrogens with one attached hydrogen (secondary N) is 1. The van der Waals surface area contributed by atoms with Gasteiger partial charge in [-0.3, -0.25) is 9.34 Å². The van der Waals surface area contributed by atoms with Crippen LogP contribution < -0.4 is 5.32 Å². The third-order valence-electron chi connectivity index (χ3n) is 6.20. The molecule has 1 aromatic carbocycles. The minimum absolute atomic E-state index is 0.0430. The molecule has 0 atom stereocenters. The summed E-state index contributed by atoms with van der Waals surface area (Å²) >= 11 is 9.54. The van der Waals surface area contributed by atoms with E-state index in [1.807, 2.05) is 18.2 Å². The Labute approximate surface area is 197 Å². The molecule has 4 nitrogen and oxygen atoms in total. The van der Waals surface area contributed by atoms with Crippen molar-refractivity contribution in [3.05, 3.63) is 28.7 Å². The zero-order valence-electron chi connectivity index (χ0n) is 18.9. The molecule has 0 amide bonds. The van der Waals surface area contributed by atoms with Crippen LogP contribution in [-0.4, -0.2) is 45.8 Å². The Hall–Kier alpha value is -0.260. The van der Waals surface area contributed by atoms with Crippen molar-refractivity contribution in [2.75, 3.05) is 31.5 Å². The van der Waals surface area contributed by atoms with Crippen LogP contribution in [0.5, 0.6) is 0 Å². The Morgan fingerprint density at radius 2 is 1.37 bits per heavy atom. The van der Waals surface area contributed by atoms with E-state index in [9.17, 15) is 0 Å². The molecule has 3 rings (SSSR count). The van der Waals surface area contributed by atoms with E-state index in [0.29, 0.717) is 5.11 Å². The average Bonchev–Trinajstić information content (AvgIpc) is 3.12. The number of anilines is 1. The maximum Gasteiger partial charge on any atom is 0.198 e. The van der Waals surface area contributed by atoms with Gasteiger partial charge in [-0.05, 0) is 66.0 Å². The number of nitrogens with zero attached hydrogens (tertiary/aromatic N) is 3. The van der Waals surface area contributed by atoms with Gasteiger partial charge < -0.3 is 5.32 Å². The lowest BCUT2D eigenvalue weighted by molar-refractivity contribution is 0.368. The monoisotopic (exact) mass is 512 g/mol. The second-order valence-corrected chi connectivity index (χ2v) is 14.5. The van der Waals surface area contributed by atoms with E-state index < -0.39 is 7.36 Å². The highest BCUT2D eigenvalue weighted by atomic mass is 79.9. The molecule has 2 aliphatic heterocycles. The Bertz CT molecular complexity index is 737. The molecule has 2 saturated heterocycles. The number of thiocarbonyl (C=S) groups is 1. The highest BCUT2D eigenvalue weighted by Crippen LogP contribution is 2.66. The van der Waals surface area contributed by atoms with Crippen LogP contribution in [-0.2, 0) is 0 Å². The predicted molar refractivity (Wildman–Crippen MR) is 140 cm³/mol. The van der Waals surface area contributed by atoms with Crippen molar-refractivity contribution >= 4 is 46.3 Å². The van der Waals surface area contributed by atoms with Crippen molar-refractivity contribution in [3.8, 4) is 0 Å². The van der Waals surface area contributed by atoms with Crippen LogP contribution in [0, 0.1) is 0 Å². The highest BCUT2D eigenvalue weighted by molar-refractivity contribution is 9.10. The molecule has 30 heavy (non-hydrogen) atoms. The molecule has 168 valence electrons. The number of benzene rings is 1. The maximum atomic E-state index is 5.89. The molecule has 0 spiro atoms. The summed E-state index contributed by atoms with van der Waals surface area (Å²) in [7, 11) is -2.02. The van der Waals surface area contributed by atoms with Gasteiger partial charge in [-0.25, -0.2) is 4.74 Å². The summed E-state index contributed by atoms with van der Waals surface area (Å²) < 4.78 is 12.1. The lowest BCUT2D eigenvalue weighted by atomic mass is 10.2. The molecule has 0 aromatic heterocycles. The van der Waals surface area contributed by atoms with Crippen LogP contribution in [0.1, 0.15) is 72.1 Å². The largest absolute Gasteiger partial charge is 0.330 e. The SMILES string of the molecule is CC(C)(C)P(=NC(=S)Nc1ccccc1Br)(N1CCCCCC1)N1CCCCCC1. The van der Waals surface area contributed by atoms with Gasteiger partial charge in [0.1, 0.15) is 7.36 Å². The molecule has 0 bridgehead atoms. The quantitative estimate of drug-likeness (QED) is 0.331. The van der Waals surface area contributed by atoms with E-state index in [1.165, 1.54) is 51.4 Å². The lowest BCUT2D eigenvalue weighted by Crippen LogP contribution is -2.42. The zero-order valence-corrected chi connectivity index (χ0v) is 22.2. The summed E-state index contributed by atoms with van der Waals surface area (Å²) in [6.07, 6.45) is 10.4. The van der Waals surface area contributed by atoms with E-state index in [2.05, 4.69) is 57.4 Å². The van der Waals surface area contributed by atoms with Crippen molar-refractivity contribution in [2.45, 2.75) is 77.3 Å². The molecular weight excluding hydrogens is 475 g/mol. The van der Waals surface area contributed by atoms with Crippen LogP contribution in [0.25, 0.3) is 0 Å². The summed E-state index contributed by atoms with van der Waals surface area (Å²) in [5.74, 6) is 0. The smallest absolute Gasteiger partial charge is 0.198 e. The Morgan fingerprint density at radius 3 is 1.80 bits per heavy atom. The second kappa shape index (κ2) is 11.0. The molecule has 2 aliphatic rings. The molecule has 0 saturated carbocycles. The summed E-state index contributed by atoms with van der Waals surface area (Å²) in [5.41, 5.74) is 0.991. The van der Waals surface area contributed by atoms with Crippen molar-refractivity contribution < 1.29 is 0 Å². The highest BCUT2D eigenvalue weighted by Gasteiger charge is 2.44. The first-order valence-electron chi connectivity index (χ1n) is 11.5. The molecule has 0 unspecified atom stereocenters. The topological polar surface area (TPSA) is 30.9 Å². The van der Waals surface area contributed by atoms with Crippen LogP contribution in [0.15, 0.2) is 33.5 Å². The molecule has 1 aromatic rings. The van der Waals surface area contributed by atoms with Gasteiger partial charge in [0.15, 0.2) is 5.11 Å². The Balaban J connectivity index is 2.06. The van der Waals surface area contributed by atoms with Gasteiger partial charge in [0, 0.05) is 35.8 Å². The number of para-hydroxylation sites is 1. The van der Waals surface area contributed by atoms with Crippen LogP contribution in [0.4, 0.5) is 5.69 Å². The van der Waals surface area contributed by atoms with E-state index in [1.54, 1.807) is 0 Å². The fraction of sp³-hybridized carbons (Fsp3) is 0.696. The van der Waals surface area contributed by atoms with Gasteiger partial charge in [0.2, 0.25) is 0 Å². The molecule has 0 radical (unpaired) electrons. The van der Waals surface area contributed by atoms with E-state index in [0.717, 1.165) is 36.3 Å². The summed E-state index contributed by atoms with van der Waals surface area (Å²) in [4.78, 5) is 0. The second-order valence-electron chi connectivity index (χ2n) is 9.48. The summed E-state index contributed by atoms with van der Waals surface area (Å²) in [6.45, 7) is 11.7. The summed E-state index contributed by atoms with van der Waals surface area (Å²) in [6, 6.07) is 8.16. The number of hydrogen-bond donors (Lipinski definition) is 1. The van der Waals surface area contributed by atoms with E-state index >= 15 is 0 Å². The predicted octanol–water partition coefficient (Wildman–Crippen LogP) is 7.73. The lowest BCUT2D eigenvalue weighted by Gasteiger charge is -2.50. The molecular formula is C23H38BrN4PS. The van der Waals surface area contributed by atoms with Crippen LogP contribution in [0.2, 0.25) is 0 Å². The first-order chi connectivity index (χ1) is 14.3. The van der Waals surface area contributed by atoms with Gasteiger partial charge >= 0.3 is 0 Å². The van der Waals surface area contributed by atoms with Crippen molar-refractivity contribution in [3.63, 3.8) is 0 Å².